The van der Waals surface area contributed by atoms with Crippen molar-refractivity contribution >= 4 is 5.91 Å². The number of nitrogens with zero attached hydrogens (tertiary/aromatic N) is 1. The maximum absolute atomic E-state index is 12.0. The number of nitrogens with one attached hydrogen (secondary N) is 2. The van der Waals surface area contributed by atoms with Crippen molar-refractivity contribution in [2.24, 2.45) is 5.41 Å². The van der Waals surface area contributed by atoms with Crippen molar-refractivity contribution in [3.63, 3.8) is 0 Å². The molecule has 1 aliphatic heterocycles. The van der Waals surface area contributed by atoms with E-state index < -0.39 is 0 Å². The van der Waals surface area contributed by atoms with Crippen LogP contribution in [-0.4, -0.2) is 37.8 Å². The Morgan fingerprint density at radius 3 is 3.00 bits per heavy atom. The van der Waals surface area contributed by atoms with Crippen molar-refractivity contribution in [2.75, 3.05) is 26.7 Å². The summed E-state index contributed by atoms with van der Waals surface area (Å²) in [6, 6.07) is 1.61. The first kappa shape index (κ1) is 14.0. The lowest BCUT2D eigenvalue weighted by Gasteiger charge is -2.33. The second kappa shape index (κ2) is 6.16. The molecule has 0 aromatic carbocycles. The minimum atomic E-state index is -0.189. The fourth-order valence-corrected chi connectivity index (χ4v) is 2.22. The maximum atomic E-state index is 12.0. The minimum absolute atomic E-state index is 0.167. The standard InChI is InChI=1S/C13H21N3O3/c1-13(3-5-14-6-4-13)9-15-12(17)11-7-10(8-18-2)19-16-11/h7,14H,3-6,8-9H2,1-2H3,(H,15,17). The summed E-state index contributed by atoms with van der Waals surface area (Å²) in [6.45, 7) is 5.21. The number of methoxy groups -OCH3 is 1. The topological polar surface area (TPSA) is 76.4 Å². The summed E-state index contributed by atoms with van der Waals surface area (Å²) < 4.78 is 9.92. The number of amides is 1. The van der Waals surface area contributed by atoms with Crippen molar-refractivity contribution in [2.45, 2.75) is 26.4 Å². The van der Waals surface area contributed by atoms with Crippen molar-refractivity contribution in [3.05, 3.63) is 17.5 Å². The van der Waals surface area contributed by atoms with Crippen LogP contribution in [0.1, 0.15) is 36.0 Å². The Bertz CT molecular complexity index is 425. The monoisotopic (exact) mass is 267 g/mol. The molecule has 1 saturated heterocycles. The van der Waals surface area contributed by atoms with Crippen LogP contribution in [0.5, 0.6) is 0 Å². The van der Waals surface area contributed by atoms with Gasteiger partial charge in [0.1, 0.15) is 6.61 Å². The van der Waals surface area contributed by atoms with Gasteiger partial charge < -0.3 is 19.9 Å². The molecule has 1 aromatic heterocycles. The third kappa shape index (κ3) is 3.78. The molecule has 6 heteroatoms. The van der Waals surface area contributed by atoms with E-state index in [1.54, 1.807) is 13.2 Å². The quantitative estimate of drug-likeness (QED) is 0.830. The molecular weight excluding hydrogens is 246 g/mol. The van der Waals surface area contributed by atoms with Crippen molar-refractivity contribution in [3.8, 4) is 0 Å². The van der Waals surface area contributed by atoms with E-state index in [9.17, 15) is 4.79 Å². The SMILES string of the molecule is COCc1cc(C(=O)NCC2(C)CCNCC2)no1. The van der Waals surface area contributed by atoms with Crippen molar-refractivity contribution in [1.82, 2.24) is 15.8 Å². The molecule has 0 radical (unpaired) electrons. The molecule has 2 N–H and O–H groups in total. The van der Waals surface area contributed by atoms with E-state index in [4.69, 9.17) is 9.26 Å². The van der Waals surface area contributed by atoms with Crippen LogP contribution in [0.4, 0.5) is 0 Å². The Hall–Kier alpha value is -1.40. The Morgan fingerprint density at radius 1 is 1.58 bits per heavy atom. The fourth-order valence-electron chi connectivity index (χ4n) is 2.22. The van der Waals surface area contributed by atoms with Crippen molar-refractivity contribution < 1.29 is 14.1 Å². The molecule has 19 heavy (non-hydrogen) atoms. The number of aromatic nitrogens is 1. The van der Waals surface area contributed by atoms with Gasteiger partial charge in [-0.2, -0.15) is 0 Å². The van der Waals surface area contributed by atoms with Gasteiger partial charge in [-0.15, -0.1) is 0 Å². The van der Waals surface area contributed by atoms with Crippen LogP contribution in [0.2, 0.25) is 0 Å². The van der Waals surface area contributed by atoms with Crippen molar-refractivity contribution in [1.29, 1.82) is 0 Å². The molecule has 1 amide bonds. The number of carbonyl (C=O) groups excluding carboxylic acids is 1. The summed E-state index contributed by atoms with van der Waals surface area (Å²) in [4.78, 5) is 12.0. The molecule has 6 nitrogen and oxygen atoms in total. The predicted molar refractivity (Wildman–Crippen MR) is 69.8 cm³/mol. The summed E-state index contributed by atoms with van der Waals surface area (Å²) in [5.41, 5.74) is 0.476. The van der Waals surface area contributed by atoms with Gasteiger partial charge in [0.15, 0.2) is 11.5 Å². The van der Waals surface area contributed by atoms with E-state index in [1.807, 2.05) is 0 Å². The molecule has 1 aliphatic rings. The first-order valence-electron chi connectivity index (χ1n) is 6.56. The Labute approximate surface area is 112 Å². The van der Waals surface area contributed by atoms with E-state index in [1.165, 1.54) is 0 Å². The summed E-state index contributed by atoms with van der Waals surface area (Å²) >= 11 is 0. The zero-order valence-electron chi connectivity index (χ0n) is 11.5. The van der Waals surface area contributed by atoms with Crippen LogP contribution in [-0.2, 0) is 11.3 Å². The molecule has 1 fully saturated rings. The third-order valence-electron chi connectivity index (χ3n) is 3.56. The minimum Gasteiger partial charge on any atom is -0.377 e. The van der Waals surface area contributed by atoms with E-state index in [-0.39, 0.29) is 11.3 Å². The molecule has 0 atom stereocenters. The molecule has 106 valence electrons. The number of carbonyl (C=O) groups is 1. The van der Waals surface area contributed by atoms with E-state index in [0.717, 1.165) is 25.9 Å². The first-order chi connectivity index (χ1) is 9.13. The number of hydrogen-bond donors (Lipinski definition) is 2. The van der Waals surface area contributed by atoms with Crippen LogP contribution in [0.3, 0.4) is 0 Å². The van der Waals surface area contributed by atoms with Crippen LogP contribution >= 0.6 is 0 Å². The summed E-state index contributed by atoms with van der Waals surface area (Å²) in [5.74, 6) is 0.367. The zero-order chi connectivity index (χ0) is 13.7. The highest BCUT2D eigenvalue weighted by Gasteiger charge is 2.27. The smallest absolute Gasteiger partial charge is 0.273 e. The van der Waals surface area contributed by atoms with Crippen LogP contribution < -0.4 is 10.6 Å². The molecular formula is C13H21N3O3. The van der Waals surface area contributed by atoms with Gasteiger partial charge in [-0.3, -0.25) is 4.79 Å². The highest BCUT2D eigenvalue weighted by molar-refractivity contribution is 5.92. The average Bonchev–Trinajstić information content (AvgIpc) is 2.86. The molecule has 1 aromatic rings. The number of piperidine rings is 1. The van der Waals surface area contributed by atoms with E-state index >= 15 is 0 Å². The molecule has 2 heterocycles. The van der Waals surface area contributed by atoms with E-state index in [0.29, 0.717) is 24.6 Å². The van der Waals surface area contributed by atoms with E-state index in [2.05, 4.69) is 22.7 Å². The third-order valence-corrected chi connectivity index (χ3v) is 3.56. The Kier molecular flexibility index (Phi) is 4.55. The Balaban J connectivity index is 1.86. The largest absolute Gasteiger partial charge is 0.377 e. The number of hydrogen-bond acceptors (Lipinski definition) is 5. The Morgan fingerprint density at radius 2 is 2.32 bits per heavy atom. The molecule has 0 unspecified atom stereocenters. The molecule has 0 bridgehead atoms. The number of rotatable bonds is 5. The fraction of sp³-hybridized carbons (Fsp3) is 0.692. The zero-order valence-corrected chi connectivity index (χ0v) is 11.5. The molecule has 0 saturated carbocycles. The second-order valence-corrected chi connectivity index (χ2v) is 5.35. The van der Waals surface area contributed by atoms with Gasteiger partial charge in [-0.05, 0) is 31.3 Å². The lowest BCUT2D eigenvalue weighted by atomic mass is 9.81. The lowest BCUT2D eigenvalue weighted by Crippen LogP contribution is -2.42. The van der Waals surface area contributed by atoms with Gasteiger partial charge in [0.2, 0.25) is 0 Å². The molecule has 0 spiro atoms. The van der Waals surface area contributed by atoms with Gasteiger partial charge >= 0.3 is 0 Å². The number of ether oxygens (including phenoxy) is 1. The summed E-state index contributed by atoms with van der Waals surface area (Å²) in [5, 5.41) is 10.00. The van der Waals surface area contributed by atoms with Gasteiger partial charge in [0, 0.05) is 19.7 Å². The highest BCUT2D eigenvalue weighted by atomic mass is 16.5. The van der Waals surface area contributed by atoms with Gasteiger partial charge in [0.05, 0.1) is 0 Å². The predicted octanol–water partition coefficient (Wildman–Crippen LogP) is 0.940. The lowest BCUT2D eigenvalue weighted by molar-refractivity contribution is 0.0912. The van der Waals surface area contributed by atoms with Gasteiger partial charge in [-0.25, -0.2) is 0 Å². The van der Waals surface area contributed by atoms with Gasteiger partial charge in [-0.1, -0.05) is 12.1 Å². The maximum Gasteiger partial charge on any atom is 0.273 e. The average molecular weight is 267 g/mol. The summed E-state index contributed by atoms with van der Waals surface area (Å²) in [6.07, 6.45) is 2.14. The van der Waals surface area contributed by atoms with Gasteiger partial charge in [0.25, 0.3) is 5.91 Å². The normalized spacial score (nSPS) is 18.2. The van der Waals surface area contributed by atoms with Crippen LogP contribution in [0.25, 0.3) is 0 Å². The molecule has 2 rings (SSSR count). The first-order valence-corrected chi connectivity index (χ1v) is 6.56. The molecule has 0 aliphatic carbocycles. The van der Waals surface area contributed by atoms with Crippen LogP contribution in [0, 0.1) is 5.41 Å². The highest BCUT2D eigenvalue weighted by Crippen LogP contribution is 2.26. The second-order valence-electron chi connectivity index (χ2n) is 5.35. The van der Waals surface area contributed by atoms with Crippen LogP contribution in [0.15, 0.2) is 10.6 Å². The summed E-state index contributed by atoms with van der Waals surface area (Å²) in [7, 11) is 1.57.